The van der Waals surface area contributed by atoms with Crippen LogP contribution in [0.2, 0.25) is 0 Å². The largest absolute Gasteiger partial charge is 0.357 e. The van der Waals surface area contributed by atoms with E-state index in [0.717, 1.165) is 24.3 Å². The molecule has 1 aromatic heterocycles. The van der Waals surface area contributed by atoms with Crippen molar-refractivity contribution in [3.63, 3.8) is 0 Å². The molecule has 1 aliphatic rings. The van der Waals surface area contributed by atoms with Crippen LogP contribution in [0.25, 0.3) is 0 Å². The van der Waals surface area contributed by atoms with Crippen molar-refractivity contribution in [3.05, 3.63) is 29.8 Å². The van der Waals surface area contributed by atoms with Gasteiger partial charge in [0.15, 0.2) is 5.96 Å². The first-order chi connectivity index (χ1) is 11.1. The Balaban J connectivity index is 1.91. The highest BCUT2D eigenvalue weighted by atomic mass is 19.1. The van der Waals surface area contributed by atoms with Gasteiger partial charge in [0.2, 0.25) is 0 Å². The quantitative estimate of drug-likeness (QED) is 0.645. The standard InChI is InChI=1S/C18H29FN4/c1-4-20-18(22-12-17-16(19)6-5-11-21-17)23-15-9-7-14(8-10-15)13(2)3/h5-6,11,13-15H,4,7-10,12H2,1-3H3,(H2,20,22,23). The molecule has 2 rings (SSSR count). The zero-order chi connectivity index (χ0) is 16.7. The average molecular weight is 320 g/mol. The maximum Gasteiger partial charge on any atom is 0.191 e. The first-order valence-electron chi connectivity index (χ1n) is 8.74. The molecule has 0 aliphatic heterocycles. The number of halogens is 1. The van der Waals surface area contributed by atoms with Crippen molar-refractivity contribution in [1.29, 1.82) is 0 Å². The second-order valence-corrected chi connectivity index (χ2v) is 6.63. The molecule has 4 nitrogen and oxygen atoms in total. The molecule has 0 spiro atoms. The van der Waals surface area contributed by atoms with Gasteiger partial charge < -0.3 is 10.6 Å². The zero-order valence-corrected chi connectivity index (χ0v) is 14.5. The lowest BCUT2D eigenvalue weighted by Crippen LogP contribution is -2.45. The van der Waals surface area contributed by atoms with E-state index in [1.54, 1.807) is 12.3 Å². The number of aromatic nitrogens is 1. The second-order valence-electron chi connectivity index (χ2n) is 6.63. The first kappa shape index (κ1) is 17.7. The summed E-state index contributed by atoms with van der Waals surface area (Å²) in [6, 6.07) is 3.47. The molecule has 1 aliphatic carbocycles. The fraction of sp³-hybridized carbons (Fsp3) is 0.667. The minimum Gasteiger partial charge on any atom is -0.357 e. The molecule has 23 heavy (non-hydrogen) atoms. The Labute approximate surface area is 139 Å². The van der Waals surface area contributed by atoms with Crippen LogP contribution in [0.5, 0.6) is 0 Å². The number of guanidine groups is 1. The third kappa shape index (κ3) is 5.48. The highest BCUT2D eigenvalue weighted by Crippen LogP contribution is 2.29. The number of nitrogens with one attached hydrogen (secondary N) is 2. The van der Waals surface area contributed by atoms with Gasteiger partial charge in [-0.3, -0.25) is 4.98 Å². The Morgan fingerprint density at radius 1 is 1.35 bits per heavy atom. The van der Waals surface area contributed by atoms with E-state index in [1.807, 2.05) is 6.92 Å². The highest BCUT2D eigenvalue weighted by Gasteiger charge is 2.23. The van der Waals surface area contributed by atoms with E-state index in [1.165, 1.54) is 31.7 Å². The molecule has 0 amide bonds. The van der Waals surface area contributed by atoms with Gasteiger partial charge in [0, 0.05) is 18.8 Å². The summed E-state index contributed by atoms with van der Waals surface area (Å²) in [5.41, 5.74) is 0.383. The summed E-state index contributed by atoms with van der Waals surface area (Å²) in [4.78, 5) is 8.53. The summed E-state index contributed by atoms with van der Waals surface area (Å²) in [5, 5.41) is 6.74. The SMILES string of the molecule is CCNC(=NCc1ncccc1F)NC1CCC(C(C)C)CC1. The fourth-order valence-electron chi connectivity index (χ4n) is 3.13. The minimum atomic E-state index is -0.301. The van der Waals surface area contributed by atoms with Crippen molar-refractivity contribution in [2.75, 3.05) is 6.54 Å². The van der Waals surface area contributed by atoms with Crippen LogP contribution in [0.3, 0.4) is 0 Å². The summed E-state index contributed by atoms with van der Waals surface area (Å²) < 4.78 is 13.6. The number of hydrogen-bond donors (Lipinski definition) is 2. The number of pyridine rings is 1. The van der Waals surface area contributed by atoms with Crippen LogP contribution in [0, 0.1) is 17.7 Å². The van der Waals surface area contributed by atoms with Gasteiger partial charge in [0.25, 0.3) is 0 Å². The predicted molar refractivity (Wildman–Crippen MR) is 92.7 cm³/mol. The Kier molecular flexibility index (Phi) is 6.81. The Morgan fingerprint density at radius 3 is 2.70 bits per heavy atom. The molecule has 1 heterocycles. The summed E-state index contributed by atoms with van der Waals surface area (Å²) in [5.74, 6) is 2.07. The summed E-state index contributed by atoms with van der Waals surface area (Å²) in [6.45, 7) is 7.70. The van der Waals surface area contributed by atoms with Crippen molar-refractivity contribution < 1.29 is 4.39 Å². The summed E-state index contributed by atoms with van der Waals surface area (Å²) >= 11 is 0. The van der Waals surface area contributed by atoms with E-state index in [4.69, 9.17) is 0 Å². The molecule has 5 heteroatoms. The van der Waals surface area contributed by atoms with Crippen molar-refractivity contribution in [2.24, 2.45) is 16.8 Å². The van der Waals surface area contributed by atoms with E-state index in [-0.39, 0.29) is 12.4 Å². The van der Waals surface area contributed by atoms with Crippen molar-refractivity contribution in [3.8, 4) is 0 Å². The van der Waals surface area contributed by atoms with Gasteiger partial charge in [-0.05, 0) is 56.6 Å². The van der Waals surface area contributed by atoms with Gasteiger partial charge in [0.05, 0.1) is 12.2 Å². The number of aliphatic imine (C=N–C) groups is 1. The molecule has 0 aromatic carbocycles. The molecule has 128 valence electrons. The van der Waals surface area contributed by atoms with E-state index in [0.29, 0.717) is 11.7 Å². The van der Waals surface area contributed by atoms with Crippen LogP contribution in [-0.4, -0.2) is 23.5 Å². The molecule has 1 aromatic rings. The fourth-order valence-corrected chi connectivity index (χ4v) is 3.13. The van der Waals surface area contributed by atoms with Crippen LogP contribution >= 0.6 is 0 Å². The third-order valence-electron chi connectivity index (χ3n) is 4.62. The molecule has 0 atom stereocenters. The van der Waals surface area contributed by atoms with E-state index >= 15 is 0 Å². The van der Waals surface area contributed by atoms with Crippen LogP contribution in [0.1, 0.15) is 52.1 Å². The average Bonchev–Trinajstić information content (AvgIpc) is 2.54. The predicted octanol–water partition coefficient (Wildman–Crippen LogP) is 3.49. The van der Waals surface area contributed by atoms with Crippen LogP contribution in [0.4, 0.5) is 4.39 Å². The topological polar surface area (TPSA) is 49.3 Å². The number of nitrogens with zero attached hydrogens (tertiary/aromatic N) is 2. The van der Waals surface area contributed by atoms with Crippen LogP contribution in [0.15, 0.2) is 23.3 Å². The summed E-state index contributed by atoms with van der Waals surface area (Å²) in [7, 11) is 0. The monoisotopic (exact) mass is 320 g/mol. The molecule has 1 saturated carbocycles. The maximum atomic E-state index is 13.6. The lowest BCUT2D eigenvalue weighted by Gasteiger charge is -2.32. The maximum absolute atomic E-state index is 13.6. The highest BCUT2D eigenvalue weighted by molar-refractivity contribution is 5.80. The van der Waals surface area contributed by atoms with E-state index in [9.17, 15) is 4.39 Å². The van der Waals surface area contributed by atoms with Crippen molar-refractivity contribution >= 4 is 5.96 Å². The minimum absolute atomic E-state index is 0.253. The Hall–Kier alpha value is -1.65. The van der Waals surface area contributed by atoms with Gasteiger partial charge in [-0.2, -0.15) is 0 Å². The van der Waals surface area contributed by atoms with Crippen LogP contribution < -0.4 is 10.6 Å². The Bertz CT molecular complexity index is 507. The Morgan fingerprint density at radius 2 is 2.09 bits per heavy atom. The normalized spacial score (nSPS) is 22.2. The molecule has 2 N–H and O–H groups in total. The number of rotatable bonds is 5. The molecule has 1 fully saturated rings. The first-order valence-corrected chi connectivity index (χ1v) is 8.74. The molecule has 0 unspecified atom stereocenters. The van der Waals surface area contributed by atoms with Gasteiger partial charge in [0.1, 0.15) is 5.82 Å². The summed E-state index contributed by atoms with van der Waals surface area (Å²) in [6.07, 6.45) is 6.48. The molecule has 0 radical (unpaired) electrons. The van der Waals surface area contributed by atoms with Gasteiger partial charge in [-0.1, -0.05) is 13.8 Å². The lowest BCUT2D eigenvalue weighted by molar-refractivity contribution is 0.250. The van der Waals surface area contributed by atoms with Gasteiger partial charge in [-0.25, -0.2) is 9.38 Å². The van der Waals surface area contributed by atoms with Crippen molar-refractivity contribution in [1.82, 2.24) is 15.6 Å². The van der Waals surface area contributed by atoms with E-state index < -0.39 is 0 Å². The molecular formula is C18H29FN4. The second kappa shape index (κ2) is 8.85. The molecule has 0 saturated heterocycles. The van der Waals surface area contributed by atoms with Crippen molar-refractivity contribution in [2.45, 2.75) is 59.0 Å². The lowest BCUT2D eigenvalue weighted by atomic mass is 9.80. The smallest absolute Gasteiger partial charge is 0.191 e. The molecule has 0 bridgehead atoms. The number of hydrogen-bond acceptors (Lipinski definition) is 2. The molecular weight excluding hydrogens is 291 g/mol. The van der Waals surface area contributed by atoms with Crippen LogP contribution in [-0.2, 0) is 6.54 Å². The van der Waals surface area contributed by atoms with Gasteiger partial charge >= 0.3 is 0 Å². The zero-order valence-electron chi connectivity index (χ0n) is 14.5. The third-order valence-corrected chi connectivity index (χ3v) is 4.62. The van der Waals surface area contributed by atoms with E-state index in [2.05, 4.69) is 34.5 Å². The van der Waals surface area contributed by atoms with Gasteiger partial charge in [-0.15, -0.1) is 0 Å².